The lowest BCUT2D eigenvalue weighted by atomic mass is 9.77. The quantitative estimate of drug-likeness (QED) is 0.141. The Morgan fingerprint density at radius 2 is 1.08 bits per heavy atom. The first kappa shape index (κ1) is 32.9. The number of hydrogen-bond donors (Lipinski definition) is 3. The molecule has 246 valence electrons. The van der Waals surface area contributed by atoms with E-state index in [2.05, 4.69) is 28.1 Å². The number of hydrogen-bond acceptors (Lipinski definition) is 5. The first-order valence-electron chi connectivity index (χ1n) is 16.2. The van der Waals surface area contributed by atoms with E-state index < -0.39 is 41.8 Å². The third kappa shape index (κ3) is 7.13. The number of nitrogens with one attached hydrogen (secondary N) is 3. The fourth-order valence-corrected chi connectivity index (χ4v) is 6.57. The SMILES string of the molecule is CC(=O)[C@H](CC(=O)NC(c1ccccc1)(c1ccccc1)c1ccccc1)NC(=O)CNC(=O)OCC1c2ccccc2-c2ccccc21. The second-order valence-corrected chi connectivity index (χ2v) is 12.0. The van der Waals surface area contributed by atoms with Gasteiger partial charge in [0.15, 0.2) is 5.78 Å². The van der Waals surface area contributed by atoms with Crippen LogP contribution < -0.4 is 16.0 Å². The summed E-state index contributed by atoms with van der Waals surface area (Å²) in [4.78, 5) is 52.1. The largest absolute Gasteiger partial charge is 0.449 e. The number of rotatable bonds is 12. The van der Waals surface area contributed by atoms with Crippen LogP contribution >= 0.6 is 0 Å². The number of fused-ring (bicyclic) bond motifs is 3. The summed E-state index contributed by atoms with van der Waals surface area (Å²) in [7, 11) is 0. The van der Waals surface area contributed by atoms with E-state index in [1.54, 1.807) is 0 Å². The molecule has 0 saturated heterocycles. The Morgan fingerprint density at radius 3 is 1.55 bits per heavy atom. The topological polar surface area (TPSA) is 114 Å². The van der Waals surface area contributed by atoms with Crippen LogP contribution in [0, 0.1) is 0 Å². The third-order valence-electron chi connectivity index (χ3n) is 8.90. The van der Waals surface area contributed by atoms with Crippen LogP contribution in [0.2, 0.25) is 0 Å². The second-order valence-electron chi connectivity index (χ2n) is 12.0. The van der Waals surface area contributed by atoms with Crippen molar-refractivity contribution in [2.24, 2.45) is 0 Å². The molecule has 8 heteroatoms. The summed E-state index contributed by atoms with van der Waals surface area (Å²) >= 11 is 0. The van der Waals surface area contributed by atoms with Crippen LogP contribution in [0.1, 0.15) is 47.1 Å². The standard InChI is InChI=1S/C41H37N3O5/c1-28(45)37(43-39(47)26-42-40(48)49-27-36-34-23-13-11-21-32(34)33-22-12-14-24-35(33)36)25-38(46)44-41(29-15-5-2-6-16-29,30-17-7-3-8-18-30)31-19-9-4-10-20-31/h2-24,36-37H,25-27H2,1H3,(H,42,48)(H,43,47)(H,44,46)/t37-/m0/s1. The summed E-state index contributed by atoms with van der Waals surface area (Å²) < 4.78 is 5.53. The van der Waals surface area contributed by atoms with Crippen molar-refractivity contribution in [1.29, 1.82) is 0 Å². The Labute approximate surface area is 285 Å². The zero-order valence-electron chi connectivity index (χ0n) is 27.1. The van der Waals surface area contributed by atoms with Crippen LogP contribution in [0.5, 0.6) is 0 Å². The Kier molecular flexibility index (Phi) is 9.95. The average molecular weight is 652 g/mol. The molecule has 49 heavy (non-hydrogen) atoms. The van der Waals surface area contributed by atoms with E-state index in [9.17, 15) is 19.2 Å². The van der Waals surface area contributed by atoms with Gasteiger partial charge in [0.2, 0.25) is 11.8 Å². The van der Waals surface area contributed by atoms with Gasteiger partial charge in [0.05, 0.1) is 12.5 Å². The molecule has 5 aromatic rings. The number of Topliss-reactive ketones (excluding diaryl/α,β-unsaturated/α-hetero) is 1. The molecule has 0 radical (unpaired) electrons. The number of amides is 3. The van der Waals surface area contributed by atoms with E-state index in [-0.39, 0.29) is 18.9 Å². The molecule has 0 aromatic heterocycles. The average Bonchev–Trinajstić information content (AvgIpc) is 3.46. The molecule has 0 aliphatic heterocycles. The zero-order chi connectivity index (χ0) is 34.2. The van der Waals surface area contributed by atoms with Crippen LogP contribution in [-0.2, 0) is 24.7 Å². The lowest BCUT2D eigenvalue weighted by Gasteiger charge is -2.37. The van der Waals surface area contributed by atoms with Gasteiger partial charge >= 0.3 is 6.09 Å². The Hall–Kier alpha value is -6.02. The van der Waals surface area contributed by atoms with Gasteiger partial charge in [0.1, 0.15) is 18.7 Å². The van der Waals surface area contributed by atoms with Crippen molar-refractivity contribution in [3.63, 3.8) is 0 Å². The molecule has 1 atom stereocenters. The molecular weight excluding hydrogens is 614 g/mol. The van der Waals surface area contributed by atoms with Gasteiger partial charge in [-0.15, -0.1) is 0 Å². The highest BCUT2D eigenvalue weighted by Crippen LogP contribution is 2.44. The molecule has 0 bridgehead atoms. The summed E-state index contributed by atoms with van der Waals surface area (Å²) in [5.41, 5.74) is 5.79. The van der Waals surface area contributed by atoms with Crippen LogP contribution in [0.25, 0.3) is 11.1 Å². The summed E-state index contributed by atoms with van der Waals surface area (Å²) in [6.07, 6.45) is -1.06. The number of alkyl carbamates (subject to hydrolysis) is 1. The van der Waals surface area contributed by atoms with E-state index in [4.69, 9.17) is 4.74 Å². The van der Waals surface area contributed by atoms with Crippen LogP contribution in [0.3, 0.4) is 0 Å². The van der Waals surface area contributed by atoms with E-state index >= 15 is 0 Å². The van der Waals surface area contributed by atoms with Gasteiger partial charge in [-0.25, -0.2) is 4.79 Å². The minimum atomic E-state index is -1.11. The maximum Gasteiger partial charge on any atom is 0.407 e. The van der Waals surface area contributed by atoms with Gasteiger partial charge in [-0.05, 0) is 45.9 Å². The van der Waals surface area contributed by atoms with Crippen molar-refractivity contribution in [1.82, 2.24) is 16.0 Å². The second kappa shape index (κ2) is 14.8. The smallest absolute Gasteiger partial charge is 0.407 e. The normalized spacial score (nSPS) is 12.6. The lowest BCUT2D eigenvalue weighted by molar-refractivity contribution is -0.130. The number of ketones is 1. The van der Waals surface area contributed by atoms with Gasteiger partial charge in [-0.1, -0.05) is 140 Å². The molecule has 5 aromatic carbocycles. The summed E-state index contributed by atoms with van der Waals surface area (Å²) in [6, 6.07) is 43.7. The van der Waals surface area contributed by atoms with E-state index in [1.165, 1.54) is 6.92 Å². The highest BCUT2D eigenvalue weighted by Gasteiger charge is 2.38. The monoisotopic (exact) mass is 651 g/mol. The van der Waals surface area contributed by atoms with Gasteiger partial charge in [0, 0.05) is 5.92 Å². The number of carbonyl (C=O) groups is 4. The molecule has 1 aliphatic carbocycles. The molecule has 1 aliphatic rings. The first-order chi connectivity index (χ1) is 23.9. The first-order valence-corrected chi connectivity index (χ1v) is 16.2. The zero-order valence-corrected chi connectivity index (χ0v) is 27.1. The number of ether oxygens (including phenoxy) is 1. The van der Waals surface area contributed by atoms with Crippen molar-refractivity contribution in [2.75, 3.05) is 13.2 Å². The maximum atomic E-state index is 13.8. The number of benzene rings is 5. The molecule has 0 unspecified atom stereocenters. The molecule has 0 spiro atoms. The van der Waals surface area contributed by atoms with Crippen LogP contribution in [0.4, 0.5) is 4.79 Å². The fourth-order valence-electron chi connectivity index (χ4n) is 6.57. The minimum Gasteiger partial charge on any atom is -0.449 e. The van der Waals surface area contributed by atoms with Gasteiger partial charge in [-0.2, -0.15) is 0 Å². The van der Waals surface area contributed by atoms with E-state index in [0.717, 1.165) is 38.9 Å². The Morgan fingerprint density at radius 1 is 0.633 bits per heavy atom. The summed E-state index contributed by atoms with van der Waals surface area (Å²) in [5, 5.41) is 8.29. The molecular formula is C41H37N3O5. The van der Waals surface area contributed by atoms with E-state index in [0.29, 0.717) is 0 Å². The highest BCUT2D eigenvalue weighted by atomic mass is 16.5. The molecule has 0 heterocycles. The summed E-state index contributed by atoms with van der Waals surface area (Å²) in [6.45, 7) is 0.990. The van der Waals surface area contributed by atoms with Gasteiger partial charge < -0.3 is 20.7 Å². The molecule has 6 rings (SSSR count). The Balaban J connectivity index is 1.10. The van der Waals surface area contributed by atoms with Gasteiger partial charge in [-0.3, -0.25) is 14.4 Å². The highest BCUT2D eigenvalue weighted by molar-refractivity contribution is 5.93. The van der Waals surface area contributed by atoms with Crippen molar-refractivity contribution in [3.8, 4) is 11.1 Å². The van der Waals surface area contributed by atoms with Crippen LogP contribution in [0.15, 0.2) is 140 Å². The molecule has 0 saturated carbocycles. The number of carbonyl (C=O) groups excluding carboxylic acids is 4. The lowest BCUT2D eigenvalue weighted by Crippen LogP contribution is -2.51. The van der Waals surface area contributed by atoms with Crippen LogP contribution in [-0.4, -0.2) is 42.9 Å². The molecule has 0 fully saturated rings. The summed E-state index contributed by atoms with van der Waals surface area (Å²) in [5.74, 6) is -1.58. The van der Waals surface area contributed by atoms with E-state index in [1.807, 2.05) is 127 Å². The molecule has 8 nitrogen and oxygen atoms in total. The third-order valence-corrected chi connectivity index (χ3v) is 8.90. The molecule has 3 amide bonds. The predicted molar refractivity (Wildman–Crippen MR) is 188 cm³/mol. The van der Waals surface area contributed by atoms with Crippen molar-refractivity contribution in [2.45, 2.75) is 30.8 Å². The Bertz CT molecular complexity index is 1800. The molecule has 3 N–H and O–H groups in total. The minimum absolute atomic E-state index is 0.101. The predicted octanol–water partition coefficient (Wildman–Crippen LogP) is 6.10. The van der Waals surface area contributed by atoms with Crippen molar-refractivity contribution >= 4 is 23.7 Å². The fraction of sp³-hybridized carbons (Fsp3) is 0.171. The van der Waals surface area contributed by atoms with Crippen molar-refractivity contribution < 1.29 is 23.9 Å². The van der Waals surface area contributed by atoms with Crippen molar-refractivity contribution in [3.05, 3.63) is 167 Å². The maximum absolute atomic E-state index is 13.8. The van der Waals surface area contributed by atoms with Gasteiger partial charge in [0.25, 0.3) is 0 Å².